The monoisotopic (exact) mass is 513 g/mol. The van der Waals surface area contributed by atoms with E-state index in [1.807, 2.05) is 4.57 Å². The molecule has 0 N–H and O–H groups in total. The number of fused-ring (bicyclic) bond motifs is 3. The SMILES string of the molecule is Cc1nc2cnc3c(ccn3S(=O)(=O)c3ccccc3)c2n1[C@H]1CCN(C(=O)OC(C)(C)C)C[C@@H]1F. The van der Waals surface area contributed by atoms with Gasteiger partial charge in [-0.25, -0.2) is 31.5 Å². The molecule has 1 aliphatic rings. The number of ether oxygens (including phenoxy) is 1. The number of rotatable bonds is 3. The Hall–Kier alpha value is -3.47. The van der Waals surface area contributed by atoms with Crippen LogP contribution in [-0.2, 0) is 14.8 Å². The van der Waals surface area contributed by atoms with Crippen molar-refractivity contribution in [1.29, 1.82) is 0 Å². The number of hydrogen-bond donors (Lipinski definition) is 0. The number of imidazole rings is 1. The normalized spacial score (nSPS) is 19.2. The standard InChI is InChI=1S/C25H28FN5O4S/c1-16-28-20-14-27-23-18(10-13-30(23)36(33,34)17-8-6-5-7-9-17)22(20)31(16)21-11-12-29(15-19(21)26)24(32)35-25(2,3)4/h5-10,13-14,19,21H,11-12,15H2,1-4H3/t19-,21-/m0/s1. The summed E-state index contributed by atoms with van der Waals surface area (Å²) in [5, 5.41) is 0.564. The number of pyridine rings is 1. The molecule has 0 unspecified atom stereocenters. The van der Waals surface area contributed by atoms with Crippen molar-refractivity contribution >= 4 is 38.2 Å². The van der Waals surface area contributed by atoms with Crippen molar-refractivity contribution < 1.29 is 22.3 Å². The maximum atomic E-state index is 15.6. The molecular formula is C25H28FN5O4S. The molecule has 1 aromatic carbocycles. The van der Waals surface area contributed by atoms with Crippen LogP contribution in [-0.4, -0.2) is 62.8 Å². The molecule has 9 nitrogen and oxygen atoms in total. The lowest BCUT2D eigenvalue weighted by Gasteiger charge is -2.36. The molecule has 1 aliphatic heterocycles. The first kappa shape index (κ1) is 24.2. The molecule has 0 bridgehead atoms. The number of likely N-dealkylation sites (tertiary alicyclic amines) is 1. The first-order valence-electron chi connectivity index (χ1n) is 11.7. The van der Waals surface area contributed by atoms with E-state index >= 15 is 4.39 Å². The third-order valence-electron chi connectivity index (χ3n) is 6.30. The molecule has 4 aromatic rings. The zero-order valence-electron chi connectivity index (χ0n) is 20.6. The van der Waals surface area contributed by atoms with Gasteiger partial charge in [0.1, 0.15) is 23.1 Å². The summed E-state index contributed by atoms with van der Waals surface area (Å²) in [4.78, 5) is 23.0. The summed E-state index contributed by atoms with van der Waals surface area (Å²) in [6, 6.07) is 9.22. The van der Waals surface area contributed by atoms with E-state index in [0.717, 1.165) is 3.97 Å². The van der Waals surface area contributed by atoms with Gasteiger partial charge in [0, 0.05) is 18.1 Å². The Morgan fingerprint density at radius 1 is 1.17 bits per heavy atom. The van der Waals surface area contributed by atoms with Crippen LogP contribution in [0.2, 0.25) is 0 Å². The third kappa shape index (κ3) is 4.11. The van der Waals surface area contributed by atoms with Crippen LogP contribution in [0.15, 0.2) is 53.7 Å². The van der Waals surface area contributed by atoms with Gasteiger partial charge in [0.2, 0.25) is 0 Å². The van der Waals surface area contributed by atoms with Crippen LogP contribution in [0.25, 0.3) is 22.1 Å². The summed E-state index contributed by atoms with van der Waals surface area (Å²) < 4.78 is 50.5. The Bertz CT molecular complexity index is 1560. The summed E-state index contributed by atoms with van der Waals surface area (Å²) in [5.41, 5.74) is 0.756. The van der Waals surface area contributed by atoms with Gasteiger partial charge in [-0.1, -0.05) is 18.2 Å². The molecule has 0 spiro atoms. The number of halogens is 1. The second kappa shape index (κ2) is 8.58. The van der Waals surface area contributed by atoms with E-state index in [2.05, 4.69) is 9.97 Å². The summed E-state index contributed by atoms with van der Waals surface area (Å²) in [6.07, 6.45) is 1.44. The molecule has 1 fully saturated rings. The summed E-state index contributed by atoms with van der Waals surface area (Å²) in [6.45, 7) is 7.34. The molecule has 0 saturated carbocycles. The van der Waals surface area contributed by atoms with Gasteiger partial charge >= 0.3 is 6.09 Å². The molecule has 190 valence electrons. The molecule has 11 heteroatoms. The van der Waals surface area contributed by atoms with Crippen LogP contribution in [0.5, 0.6) is 0 Å². The lowest BCUT2D eigenvalue weighted by Crippen LogP contribution is -2.47. The first-order chi connectivity index (χ1) is 17.0. The van der Waals surface area contributed by atoms with Crippen LogP contribution in [0.3, 0.4) is 0 Å². The molecule has 0 radical (unpaired) electrons. The molecule has 5 rings (SSSR count). The van der Waals surface area contributed by atoms with Gasteiger partial charge in [0.05, 0.1) is 29.2 Å². The fourth-order valence-corrected chi connectivity index (χ4v) is 6.07. The number of piperidine rings is 1. The zero-order valence-corrected chi connectivity index (χ0v) is 21.4. The van der Waals surface area contributed by atoms with Gasteiger partial charge in [-0.2, -0.15) is 0 Å². The minimum Gasteiger partial charge on any atom is -0.444 e. The van der Waals surface area contributed by atoms with E-state index < -0.39 is 33.9 Å². The molecule has 2 atom stereocenters. The quantitative estimate of drug-likeness (QED) is 0.401. The van der Waals surface area contributed by atoms with Gasteiger partial charge in [-0.3, -0.25) is 0 Å². The molecule has 36 heavy (non-hydrogen) atoms. The number of aromatic nitrogens is 4. The van der Waals surface area contributed by atoms with E-state index in [-0.39, 0.29) is 17.1 Å². The van der Waals surface area contributed by atoms with Crippen molar-refractivity contribution in [3.63, 3.8) is 0 Å². The highest BCUT2D eigenvalue weighted by Crippen LogP contribution is 2.35. The first-order valence-corrected chi connectivity index (χ1v) is 13.2. The van der Waals surface area contributed by atoms with Gasteiger partial charge in [0.15, 0.2) is 5.65 Å². The van der Waals surface area contributed by atoms with Crippen LogP contribution in [0.1, 0.15) is 39.1 Å². The highest BCUT2D eigenvalue weighted by atomic mass is 32.2. The summed E-state index contributed by atoms with van der Waals surface area (Å²) in [7, 11) is -3.87. The fraction of sp³-hybridized carbons (Fsp3) is 0.400. The van der Waals surface area contributed by atoms with Gasteiger partial charge < -0.3 is 14.2 Å². The molecule has 3 aromatic heterocycles. The predicted molar refractivity (Wildman–Crippen MR) is 133 cm³/mol. The van der Waals surface area contributed by atoms with E-state index in [1.165, 1.54) is 29.4 Å². The van der Waals surface area contributed by atoms with Crippen molar-refractivity contribution in [3.05, 3.63) is 54.6 Å². The second-order valence-electron chi connectivity index (χ2n) is 9.99. The number of amides is 1. The van der Waals surface area contributed by atoms with E-state index in [4.69, 9.17) is 4.74 Å². The number of alkyl halides is 1. The fourth-order valence-electron chi connectivity index (χ4n) is 4.75. The number of nitrogens with zero attached hydrogens (tertiary/aromatic N) is 5. The largest absolute Gasteiger partial charge is 0.444 e. The smallest absolute Gasteiger partial charge is 0.410 e. The van der Waals surface area contributed by atoms with Crippen LogP contribution in [0, 0.1) is 6.92 Å². The number of carbonyl (C=O) groups is 1. The Morgan fingerprint density at radius 3 is 2.56 bits per heavy atom. The topological polar surface area (TPSA) is 99.3 Å². The minimum absolute atomic E-state index is 0.101. The molecular weight excluding hydrogens is 485 g/mol. The highest BCUT2D eigenvalue weighted by molar-refractivity contribution is 7.90. The van der Waals surface area contributed by atoms with Gasteiger partial charge in [-0.15, -0.1) is 0 Å². The minimum atomic E-state index is -3.87. The molecule has 0 aliphatic carbocycles. The van der Waals surface area contributed by atoms with Crippen molar-refractivity contribution in [1.82, 2.24) is 23.4 Å². The second-order valence-corrected chi connectivity index (χ2v) is 11.8. The van der Waals surface area contributed by atoms with Crippen molar-refractivity contribution in [3.8, 4) is 0 Å². The van der Waals surface area contributed by atoms with Crippen LogP contribution >= 0.6 is 0 Å². The average Bonchev–Trinajstić information content (AvgIpc) is 3.39. The Labute approximate surface area is 208 Å². The van der Waals surface area contributed by atoms with Crippen molar-refractivity contribution in [2.45, 2.75) is 56.8 Å². The number of carbonyl (C=O) groups excluding carboxylic acids is 1. The van der Waals surface area contributed by atoms with Crippen molar-refractivity contribution in [2.24, 2.45) is 0 Å². The maximum Gasteiger partial charge on any atom is 0.410 e. The van der Waals surface area contributed by atoms with Crippen molar-refractivity contribution in [2.75, 3.05) is 13.1 Å². The molecule has 1 saturated heterocycles. The maximum absolute atomic E-state index is 15.6. The highest BCUT2D eigenvalue weighted by Gasteiger charge is 2.36. The summed E-state index contributed by atoms with van der Waals surface area (Å²) in [5.74, 6) is 0.594. The molecule has 1 amide bonds. The average molecular weight is 514 g/mol. The Kier molecular flexibility index (Phi) is 5.77. The van der Waals surface area contributed by atoms with E-state index in [0.29, 0.717) is 35.2 Å². The number of benzene rings is 1. The van der Waals surface area contributed by atoms with Crippen LogP contribution < -0.4 is 0 Å². The third-order valence-corrected chi connectivity index (χ3v) is 7.98. The molecule has 4 heterocycles. The predicted octanol–water partition coefficient (Wildman–Crippen LogP) is 4.45. The zero-order chi connectivity index (χ0) is 25.8. The van der Waals surface area contributed by atoms with E-state index in [1.54, 1.807) is 52.0 Å². The Morgan fingerprint density at radius 2 is 1.89 bits per heavy atom. The van der Waals surface area contributed by atoms with Gasteiger partial charge in [-0.05, 0) is 52.3 Å². The summed E-state index contributed by atoms with van der Waals surface area (Å²) >= 11 is 0. The lowest BCUT2D eigenvalue weighted by atomic mass is 10.0. The van der Waals surface area contributed by atoms with Gasteiger partial charge in [0.25, 0.3) is 10.0 Å². The number of aryl methyl sites for hydroxylation is 1. The van der Waals surface area contributed by atoms with E-state index in [9.17, 15) is 13.2 Å². The number of hydrogen-bond acceptors (Lipinski definition) is 6. The lowest BCUT2D eigenvalue weighted by molar-refractivity contribution is 0.00693. The van der Waals surface area contributed by atoms with Crippen LogP contribution in [0.4, 0.5) is 9.18 Å². The Balaban J connectivity index is 1.54.